The molecule has 4 rings (SSSR count). The van der Waals surface area contributed by atoms with Gasteiger partial charge in [-0.25, -0.2) is 0 Å². The number of nitrogens with one attached hydrogen (secondary N) is 2. The predicted molar refractivity (Wildman–Crippen MR) is 107 cm³/mol. The van der Waals surface area contributed by atoms with Crippen molar-refractivity contribution >= 4 is 5.91 Å². The second kappa shape index (κ2) is 6.22. The van der Waals surface area contributed by atoms with Crippen LogP contribution in [0.4, 0.5) is 0 Å². The lowest BCUT2D eigenvalue weighted by atomic mass is 9.47. The molecule has 4 aliphatic rings. The van der Waals surface area contributed by atoms with Crippen LogP contribution < -0.4 is 10.6 Å². The normalized spacial score (nSPS) is 48.3. The van der Waals surface area contributed by atoms with Crippen molar-refractivity contribution in [3.8, 4) is 0 Å². The lowest BCUT2D eigenvalue weighted by Crippen LogP contribution is -2.61. The number of rotatable bonds is 2. The van der Waals surface area contributed by atoms with E-state index >= 15 is 0 Å². The van der Waals surface area contributed by atoms with Crippen LogP contribution in [0.3, 0.4) is 0 Å². The molecule has 3 saturated carbocycles. The van der Waals surface area contributed by atoms with Crippen LogP contribution in [0.25, 0.3) is 0 Å². The maximum atomic E-state index is 11.9. The van der Waals surface area contributed by atoms with Crippen LogP contribution in [0, 0.1) is 34.5 Å². The summed E-state index contributed by atoms with van der Waals surface area (Å²) < 4.78 is 0. The van der Waals surface area contributed by atoms with E-state index in [2.05, 4.69) is 45.3 Å². The third kappa shape index (κ3) is 2.93. The van der Waals surface area contributed by atoms with Crippen molar-refractivity contribution in [3.63, 3.8) is 0 Å². The summed E-state index contributed by atoms with van der Waals surface area (Å²) in [4.78, 5) is 11.9. The summed E-state index contributed by atoms with van der Waals surface area (Å²) in [6.07, 6.45) is 10.0. The summed E-state index contributed by atoms with van der Waals surface area (Å²) in [5.41, 5.74) is 1.10. The minimum atomic E-state index is 0.220. The summed E-state index contributed by atoms with van der Waals surface area (Å²) in [6, 6.07) is 0.439. The molecule has 0 spiro atoms. The summed E-state index contributed by atoms with van der Waals surface area (Å²) in [6.45, 7) is 13.2. The van der Waals surface area contributed by atoms with Gasteiger partial charge in [0, 0.05) is 18.0 Å². The van der Waals surface area contributed by atoms with Crippen LogP contribution in [0.5, 0.6) is 0 Å². The Morgan fingerprint density at radius 3 is 2.46 bits per heavy atom. The SMILES string of the molecule is CC(C)(C)NCC1CCC2C3CCC4NC(=O)CCC4(C)C3CCC12C. The number of hydrogen-bond acceptors (Lipinski definition) is 2. The quantitative estimate of drug-likeness (QED) is 0.760. The Balaban J connectivity index is 1.52. The molecular weight excluding hydrogens is 320 g/mol. The van der Waals surface area contributed by atoms with Crippen LogP contribution in [-0.4, -0.2) is 24.0 Å². The average Bonchev–Trinajstić information content (AvgIpc) is 2.89. The zero-order chi connectivity index (χ0) is 18.7. The fourth-order valence-corrected chi connectivity index (χ4v) is 7.58. The molecule has 1 heterocycles. The van der Waals surface area contributed by atoms with Crippen LogP contribution >= 0.6 is 0 Å². The number of hydrogen-bond donors (Lipinski definition) is 2. The molecule has 0 aromatic heterocycles. The van der Waals surface area contributed by atoms with Gasteiger partial charge in [0.05, 0.1) is 0 Å². The minimum absolute atomic E-state index is 0.220. The number of carbonyl (C=O) groups excluding carboxylic acids is 1. The lowest BCUT2D eigenvalue weighted by molar-refractivity contribution is -0.136. The van der Waals surface area contributed by atoms with E-state index in [0.29, 0.717) is 22.8 Å². The molecule has 7 atom stereocenters. The van der Waals surface area contributed by atoms with E-state index < -0.39 is 0 Å². The van der Waals surface area contributed by atoms with E-state index in [9.17, 15) is 4.79 Å². The first-order valence-corrected chi connectivity index (χ1v) is 11.2. The van der Waals surface area contributed by atoms with Gasteiger partial charge >= 0.3 is 0 Å². The van der Waals surface area contributed by atoms with Crippen LogP contribution in [0.15, 0.2) is 0 Å². The third-order valence-corrected chi connectivity index (χ3v) is 9.17. The molecule has 7 unspecified atom stereocenters. The van der Waals surface area contributed by atoms with Gasteiger partial charge in [-0.1, -0.05) is 13.8 Å². The maximum absolute atomic E-state index is 11.9. The van der Waals surface area contributed by atoms with Gasteiger partial charge in [0.1, 0.15) is 0 Å². The molecule has 0 radical (unpaired) electrons. The monoisotopic (exact) mass is 360 g/mol. The molecule has 1 aliphatic heterocycles. The van der Waals surface area contributed by atoms with E-state index in [0.717, 1.165) is 36.5 Å². The minimum Gasteiger partial charge on any atom is -0.353 e. The second-order valence-electron chi connectivity index (χ2n) is 11.5. The van der Waals surface area contributed by atoms with Gasteiger partial charge in [-0.05, 0) is 107 Å². The smallest absolute Gasteiger partial charge is 0.220 e. The Labute approximate surface area is 160 Å². The number of piperidine rings is 1. The fraction of sp³-hybridized carbons (Fsp3) is 0.957. The van der Waals surface area contributed by atoms with Crippen molar-refractivity contribution in [1.82, 2.24) is 10.6 Å². The Morgan fingerprint density at radius 2 is 1.73 bits per heavy atom. The number of fused-ring (bicyclic) bond motifs is 5. The average molecular weight is 361 g/mol. The maximum Gasteiger partial charge on any atom is 0.220 e. The molecule has 1 saturated heterocycles. The van der Waals surface area contributed by atoms with Gasteiger partial charge in [-0.2, -0.15) is 0 Å². The first-order chi connectivity index (χ1) is 12.1. The van der Waals surface area contributed by atoms with Crippen molar-refractivity contribution in [3.05, 3.63) is 0 Å². The van der Waals surface area contributed by atoms with Gasteiger partial charge in [0.25, 0.3) is 0 Å². The number of amides is 1. The molecule has 3 aliphatic carbocycles. The van der Waals surface area contributed by atoms with E-state index in [4.69, 9.17) is 0 Å². The third-order valence-electron chi connectivity index (χ3n) is 9.17. The summed E-state index contributed by atoms with van der Waals surface area (Å²) in [5.74, 6) is 3.76. The highest BCUT2D eigenvalue weighted by Gasteiger charge is 2.60. The Bertz CT molecular complexity index is 567. The highest BCUT2D eigenvalue weighted by molar-refractivity contribution is 5.77. The molecule has 4 fully saturated rings. The van der Waals surface area contributed by atoms with E-state index in [1.54, 1.807) is 0 Å². The zero-order valence-corrected chi connectivity index (χ0v) is 17.7. The lowest BCUT2D eigenvalue weighted by Gasteiger charge is -2.60. The van der Waals surface area contributed by atoms with Crippen LogP contribution in [-0.2, 0) is 4.79 Å². The van der Waals surface area contributed by atoms with E-state index in [-0.39, 0.29) is 5.54 Å². The van der Waals surface area contributed by atoms with Crippen LogP contribution in [0.1, 0.15) is 86.0 Å². The molecule has 0 aromatic rings. The molecule has 0 bridgehead atoms. The fourth-order valence-electron chi connectivity index (χ4n) is 7.58. The molecule has 1 amide bonds. The van der Waals surface area contributed by atoms with Crippen molar-refractivity contribution < 1.29 is 4.79 Å². The standard InChI is InChI=1S/C23H40N2O/c1-21(2,3)24-14-15-6-8-17-16-7-9-19-23(5,13-11-20(26)25-19)18(16)10-12-22(15,17)4/h15-19,24H,6-14H2,1-5H3,(H,25,26). The molecule has 26 heavy (non-hydrogen) atoms. The topological polar surface area (TPSA) is 41.1 Å². The summed E-state index contributed by atoms with van der Waals surface area (Å²) in [5, 5.41) is 7.16. The molecule has 2 N–H and O–H groups in total. The molecular formula is C23H40N2O. The molecule has 0 aromatic carbocycles. The first kappa shape index (κ1) is 18.8. The second-order valence-corrected chi connectivity index (χ2v) is 11.5. The molecule has 3 heteroatoms. The molecule has 3 nitrogen and oxygen atoms in total. The Morgan fingerprint density at radius 1 is 1.00 bits per heavy atom. The largest absolute Gasteiger partial charge is 0.353 e. The van der Waals surface area contributed by atoms with Gasteiger partial charge in [0.15, 0.2) is 0 Å². The van der Waals surface area contributed by atoms with Crippen molar-refractivity contribution in [2.24, 2.45) is 34.5 Å². The van der Waals surface area contributed by atoms with E-state index in [1.807, 2.05) is 0 Å². The van der Waals surface area contributed by atoms with Crippen molar-refractivity contribution in [1.29, 1.82) is 0 Å². The van der Waals surface area contributed by atoms with Gasteiger partial charge in [0.2, 0.25) is 5.91 Å². The van der Waals surface area contributed by atoms with Crippen molar-refractivity contribution in [2.45, 2.75) is 97.6 Å². The molecule has 148 valence electrons. The van der Waals surface area contributed by atoms with Gasteiger partial charge < -0.3 is 10.6 Å². The highest BCUT2D eigenvalue weighted by Crippen LogP contribution is 2.65. The predicted octanol–water partition coefficient (Wildman–Crippen LogP) is 4.51. The zero-order valence-electron chi connectivity index (χ0n) is 17.7. The van der Waals surface area contributed by atoms with Crippen LogP contribution in [0.2, 0.25) is 0 Å². The van der Waals surface area contributed by atoms with E-state index in [1.165, 1.54) is 45.1 Å². The van der Waals surface area contributed by atoms with Gasteiger partial charge in [-0.3, -0.25) is 4.79 Å². The Kier molecular flexibility index (Phi) is 4.49. The highest BCUT2D eigenvalue weighted by atomic mass is 16.1. The number of carbonyl (C=O) groups is 1. The summed E-state index contributed by atoms with van der Waals surface area (Å²) in [7, 11) is 0. The Hall–Kier alpha value is -0.570. The van der Waals surface area contributed by atoms with Gasteiger partial charge in [-0.15, -0.1) is 0 Å². The van der Waals surface area contributed by atoms with Crippen molar-refractivity contribution in [2.75, 3.05) is 6.54 Å². The summed E-state index contributed by atoms with van der Waals surface area (Å²) >= 11 is 0. The first-order valence-electron chi connectivity index (χ1n) is 11.2.